The summed E-state index contributed by atoms with van der Waals surface area (Å²) in [4.78, 5) is 46.7. The van der Waals surface area contributed by atoms with E-state index in [9.17, 15) is 14.7 Å². The Morgan fingerprint density at radius 1 is 1.00 bits per heavy atom. The molecule has 4 aromatic rings. The number of benzene rings is 1. The Labute approximate surface area is 292 Å². The largest absolute Gasteiger partial charge is 0.469 e. The number of esters is 1. The molecule has 3 aliphatic rings. The first-order chi connectivity index (χ1) is 24.1. The summed E-state index contributed by atoms with van der Waals surface area (Å²) in [5.74, 6) is 0.850. The van der Waals surface area contributed by atoms with Gasteiger partial charge >= 0.3 is 5.97 Å². The topological polar surface area (TPSA) is 134 Å². The van der Waals surface area contributed by atoms with Crippen LogP contribution in [0.2, 0.25) is 0 Å². The van der Waals surface area contributed by atoms with Gasteiger partial charge in [0.05, 0.1) is 25.3 Å². The SMILES string of the molecule is C=CCn1c(=O)c2cnc(Nc3ccc(N4CCN(C5CCN(C6CC(C(=O)OC)C6)CC5)CC4)cc3)nc2n1-c1cccc(C(C)(C)O)n1. The summed E-state index contributed by atoms with van der Waals surface area (Å²) in [6.45, 7) is 13.7. The summed E-state index contributed by atoms with van der Waals surface area (Å²) in [5, 5.41) is 14.2. The maximum absolute atomic E-state index is 13.3. The van der Waals surface area contributed by atoms with Gasteiger partial charge in [0.2, 0.25) is 5.95 Å². The van der Waals surface area contributed by atoms with E-state index < -0.39 is 5.60 Å². The second-order valence-electron chi connectivity index (χ2n) is 14.2. The predicted octanol–water partition coefficient (Wildman–Crippen LogP) is 3.67. The van der Waals surface area contributed by atoms with Crippen LogP contribution in [0.25, 0.3) is 16.9 Å². The molecule has 1 aromatic carbocycles. The molecule has 50 heavy (non-hydrogen) atoms. The highest BCUT2D eigenvalue weighted by Crippen LogP contribution is 2.35. The number of ether oxygens (including phenoxy) is 1. The van der Waals surface area contributed by atoms with E-state index >= 15 is 0 Å². The summed E-state index contributed by atoms with van der Waals surface area (Å²) in [7, 11) is 1.48. The molecule has 0 unspecified atom stereocenters. The van der Waals surface area contributed by atoms with Crippen molar-refractivity contribution in [2.75, 3.05) is 56.6 Å². The normalized spacial score (nSPS) is 20.8. The predicted molar refractivity (Wildman–Crippen MR) is 193 cm³/mol. The number of aliphatic hydroxyl groups is 1. The molecule has 264 valence electrons. The lowest BCUT2D eigenvalue weighted by molar-refractivity contribution is -0.151. The number of allylic oxidation sites excluding steroid dienone is 1. The zero-order valence-electron chi connectivity index (χ0n) is 29.2. The average Bonchev–Trinajstić information content (AvgIpc) is 3.38. The number of aromatic nitrogens is 5. The molecule has 3 aromatic heterocycles. The van der Waals surface area contributed by atoms with Gasteiger partial charge in [0.1, 0.15) is 11.0 Å². The average molecular weight is 682 g/mol. The van der Waals surface area contributed by atoms with Gasteiger partial charge in [0.25, 0.3) is 5.56 Å². The second-order valence-corrected chi connectivity index (χ2v) is 14.2. The fourth-order valence-electron chi connectivity index (χ4n) is 7.58. The molecular formula is C37H47N9O4. The van der Waals surface area contributed by atoms with Crippen molar-refractivity contribution in [3.05, 3.63) is 77.4 Å². The van der Waals surface area contributed by atoms with E-state index in [1.165, 1.54) is 36.5 Å². The molecule has 0 radical (unpaired) electrons. The molecule has 2 N–H and O–H groups in total. The molecule has 13 nitrogen and oxygen atoms in total. The molecule has 0 amide bonds. The smallest absolute Gasteiger partial charge is 0.308 e. The Hall–Kier alpha value is -4.59. The van der Waals surface area contributed by atoms with Crippen molar-refractivity contribution in [2.45, 2.75) is 63.8 Å². The third-order valence-corrected chi connectivity index (χ3v) is 10.5. The van der Waals surface area contributed by atoms with Crippen molar-refractivity contribution in [1.29, 1.82) is 0 Å². The van der Waals surface area contributed by atoms with Gasteiger partial charge in [-0.25, -0.2) is 19.3 Å². The Balaban J connectivity index is 0.978. The van der Waals surface area contributed by atoms with Crippen LogP contribution in [0.15, 0.2) is 66.1 Å². The number of carbonyl (C=O) groups is 1. The quantitative estimate of drug-likeness (QED) is 0.188. The summed E-state index contributed by atoms with van der Waals surface area (Å²) in [6.07, 6.45) is 7.44. The fourth-order valence-corrected chi connectivity index (χ4v) is 7.58. The number of likely N-dealkylation sites (tertiary alicyclic amines) is 1. The zero-order chi connectivity index (χ0) is 35.0. The fraction of sp³-hybridized carbons (Fsp3) is 0.486. The van der Waals surface area contributed by atoms with Gasteiger partial charge in [-0.3, -0.25) is 14.5 Å². The third-order valence-electron chi connectivity index (χ3n) is 10.5. The van der Waals surface area contributed by atoms with Gasteiger partial charge in [-0.05, 0) is 89.0 Å². The number of nitrogens with one attached hydrogen (secondary N) is 1. The van der Waals surface area contributed by atoms with Crippen LogP contribution in [0, 0.1) is 5.92 Å². The van der Waals surface area contributed by atoms with E-state index in [0.717, 1.165) is 57.8 Å². The first-order valence-corrected chi connectivity index (χ1v) is 17.6. The van der Waals surface area contributed by atoms with E-state index in [4.69, 9.17) is 9.72 Å². The van der Waals surface area contributed by atoms with Crippen molar-refractivity contribution >= 4 is 34.3 Å². The van der Waals surface area contributed by atoms with Gasteiger partial charge < -0.3 is 25.0 Å². The molecule has 7 rings (SSSR count). The third kappa shape index (κ3) is 6.77. The standard InChI is InChI=1S/C37H47N9O4/c1-5-15-45-34(47)30-24-38-36(41-33(30)46(45)32-8-6-7-31(40-32)37(2,3)49)39-26-9-11-27(12-10-26)43-18-20-44(21-19-43)28-13-16-42(17-14-28)29-22-25(23-29)35(48)50-4/h5-12,24-25,28-29,49H,1,13-23H2,2-4H3,(H,38,39,41). The minimum atomic E-state index is -1.16. The number of rotatable bonds is 10. The van der Waals surface area contributed by atoms with Gasteiger partial charge in [-0.1, -0.05) is 12.1 Å². The number of methoxy groups -OCH3 is 1. The Morgan fingerprint density at radius 3 is 2.36 bits per heavy atom. The van der Waals surface area contributed by atoms with Gasteiger partial charge in [-0.2, -0.15) is 4.98 Å². The molecule has 13 heteroatoms. The number of nitrogens with zero attached hydrogens (tertiary/aromatic N) is 8. The minimum absolute atomic E-state index is 0.0556. The van der Waals surface area contributed by atoms with Gasteiger partial charge in [0.15, 0.2) is 11.5 Å². The summed E-state index contributed by atoms with van der Waals surface area (Å²) >= 11 is 0. The molecule has 3 fully saturated rings. The van der Waals surface area contributed by atoms with Crippen molar-refractivity contribution in [2.24, 2.45) is 5.92 Å². The molecule has 5 heterocycles. The summed E-state index contributed by atoms with van der Waals surface area (Å²) < 4.78 is 8.08. The van der Waals surface area contributed by atoms with E-state index in [2.05, 4.69) is 48.7 Å². The number of anilines is 3. The van der Waals surface area contributed by atoms with Crippen LogP contribution in [0.1, 0.15) is 45.2 Å². The molecule has 0 spiro atoms. The minimum Gasteiger partial charge on any atom is -0.469 e. The molecule has 0 atom stereocenters. The van der Waals surface area contributed by atoms with Gasteiger partial charge in [0, 0.05) is 55.8 Å². The van der Waals surface area contributed by atoms with E-state index in [1.54, 1.807) is 42.8 Å². The molecular weight excluding hydrogens is 634 g/mol. The van der Waals surface area contributed by atoms with Crippen LogP contribution < -0.4 is 15.8 Å². The maximum atomic E-state index is 13.3. The Kier molecular flexibility index (Phi) is 9.46. The Bertz CT molecular complexity index is 1890. The molecule has 1 aliphatic carbocycles. The molecule has 2 saturated heterocycles. The van der Waals surface area contributed by atoms with Gasteiger partial charge in [-0.15, -0.1) is 6.58 Å². The summed E-state index contributed by atoms with van der Waals surface area (Å²) in [5.41, 5.74) is 1.50. The first kappa shape index (κ1) is 33.9. The highest BCUT2D eigenvalue weighted by atomic mass is 16.5. The number of pyridine rings is 1. The monoisotopic (exact) mass is 681 g/mol. The number of hydrogen-bond acceptors (Lipinski definition) is 11. The molecule has 0 bridgehead atoms. The summed E-state index contributed by atoms with van der Waals surface area (Å²) in [6, 6.07) is 14.8. The van der Waals surface area contributed by atoms with E-state index in [-0.39, 0.29) is 24.0 Å². The van der Waals surface area contributed by atoms with Crippen LogP contribution >= 0.6 is 0 Å². The lowest BCUT2D eigenvalue weighted by atomic mass is 9.78. The van der Waals surface area contributed by atoms with Crippen LogP contribution in [-0.2, 0) is 21.7 Å². The number of fused-ring (bicyclic) bond motifs is 1. The number of hydrogen-bond donors (Lipinski definition) is 2. The maximum Gasteiger partial charge on any atom is 0.308 e. The molecule has 1 saturated carbocycles. The van der Waals surface area contributed by atoms with E-state index in [0.29, 0.717) is 40.6 Å². The number of carbonyl (C=O) groups excluding carboxylic acids is 1. The molecule has 2 aliphatic heterocycles. The number of piperazine rings is 1. The van der Waals surface area contributed by atoms with Crippen molar-refractivity contribution in [3.8, 4) is 5.82 Å². The van der Waals surface area contributed by atoms with Crippen LogP contribution in [0.3, 0.4) is 0 Å². The highest BCUT2D eigenvalue weighted by molar-refractivity contribution is 5.77. The van der Waals surface area contributed by atoms with Crippen LogP contribution in [0.4, 0.5) is 17.3 Å². The van der Waals surface area contributed by atoms with Crippen molar-refractivity contribution < 1.29 is 14.6 Å². The lowest BCUT2D eigenvalue weighted by Gasteiger charge is -2.47. The lowest BCUT2D eigenvalue weighted by Crippen LogP contribution is -2.56. The highest BCUT2D eigenvalue weighted by Gasteiger charge is 2.40. The first-order valence-electron chi connectivity index (χ1n) is 17.6. The zero-order valence-corrected chi connectivity index (χ0v) is 29.2. The van der Waals surface area contributed by atoms with E-state index in [1.807, 2.05) is 12.1 Å². The van der Waals surface area contributed by atoms with Crippen molar-refractivity contribution in [3.63, 3.8) is 0 Å². The van der Waals surface area contributed by atoms with Crippen molar-refractivity contribution in [1.82, 2.24) is 34.1 Å². The van der Waals surface area contributed by atoms with Crippen LogP contribution in [-0.4, -0.2) is 104 Å². The van der Waals surface area contributed by atoms with Crippen LogP contribution in [0.5, 0.6) is 0 Å². The second kappa shape index (κ2) is 14.0. The number of piperidine rings is 1. The Morgan fingerprint density at radius 2 is 1.70 bits per heavy atom.